The Morgan fingerprint density at radius 2 is 2.07 bits per heavy atom. The van der Waals surface area contributed by atoms with Gasteiger partial charge in [0.15, 0.2) is 0 Å². The van der Waals surface area contributed by atoms with Gasteiger partial charge in [-0.2, -0.15) is 0 Å². The van der Waals surface area contributed by atoms with Gasteiger partial charge in [-0.15, -0.1) is 0 Å². The minimum absolute atomic E-state index is 0.297. The molecule has 0 bridgehead atoms. The average Bonchev–Trinajstić information content (AvgIpc) is 3.31. The van der Waals surface area contributed by atoms with Crippen LogP contribution in [0.5, 0.6) is 5.75 Å². The van der Waals surface area contributed by atoms with Crippen molar-refractivity contribution in [3.05, 3.63) is 53.3 Å². The number of benzene rings is 1. The van der Waals surface area contributed by atoms with E-state index in [1.165, 1.54) is 44.0 Å². The van der Waals surface area contributed by atoms with Gasteiger partial charge in [0, 0.05) is 37.2 Å². The monoisotopic (exact) mass is 394 g/mol. The highest BCUT2D eigenvalue weighted by atomic mass is 16.5. The molecule has 0 N–H and O–H groups in total. The van der Waals surface area contributed by atoms with E-state index in [1.54, 1.807) is 18.5 Å². The van der Waals surface area contributed by atoms with Gasteiger partial charge < -0.3 is 14.4 Å². The number of carbonyl (C=O) groups is 1. The molecule has 0 saturated heterocycles. The number of methoxy groups -OCH3 is 1. The van der Waals surface area contributed by atoms with Gasteiger partial charge in [-0.25, -0.2) is 4.79 Å². The van der Waals surface area contributed by atoms with Crippen LogP contribution in [0.25, 0.3) is 0 Å². The largest absolute Gasteiger partial charge is 0.493 e. The fourth-order valence-electron chi connectivity index (χ4n) is 4.74. The molecule has 0 spiro atoms. The molecule has 29 heavy (non-hydrogen) atoms. The Balaban J connectivity index is 1.48. The van der Waals surface area contributed by atoms with Crippen LogP contribution < -0.4 is 9.64 Å². The number of carbonyl (C=O) groups excluding carboxylic acids is 1. The van der Waals surface area contributed by atoms with E-state index in [1.807, 2.05) is 0 Å². The third kappa shape index (κ3) is 4.24. The maximum absolute atomic E-state index is 12.0. The summed E-state index contributed by atoms with van der Waals surface area (Å²) >= 11 is 0. The first-order valence-corrected chi connectivity index (χ1v) is 10.7. The van der Waals surface area contributed by atoms with E-state index in [2.05, 4.69) is 35.1 Å². The van der Waals surface area contributed by atoms with Gasteiger partial charge in [0.05, 0.1) is 19.3 Å². The molecule has 5 nitrogen and oxygen atoms in total. The first-order chi connectivity index (χ1) is 14.2. The number of pyridine rings is 1. The minimum Gasteiger partial charge on any atom is -0.493 e. The van der Waals surface area contributed by atoms with Crippen LogP contribution in [0.1, 0.15) is 65.9 Å². The molecule has 5 heteroatoms. The molecule has 4 rings (SSSR count). The third-order valence-corrected chi connectivity index (χ3v) is 6.51. The SMILES string of the molecule is COC(=O)c1ccncc1CCC1CCOc2cc(N(C)C3CCCC3)ccc21. The molecule has 1 saturated carbocycles. The number of hydrogen-bond donors (Lipinski definition) is 0. The number of aryl methyl sites for hydroxylation is 1. The Bertz CT molecular complexity index is 861. The van der Waals surface area contributed by atoms with Crippen LogP contribution in [0, 0.1) is 0 Å². The maximum Gasteiger partial charge on any atom is 0.338 e. The smallest absolute Gasteiger partial charge is 0.338 e. The van der Waals surface area contributed by atoms with Gasteiger partial charge in [0.1, 0.15) is 5.75 Å². The van der Waals surface area contributed by atoms with Gasteiger partial charge >= 0.3 is 5.97 Å². The van der Waals surface area contributed by atoms with Crippen molar-refractivity contribution in [2.24, 2.45) is 0 Å². The molecule has 0 radical (unpaired) electrons. The Morgan fingerprint density at radius 1 is 1.24 bits per heavy atom. The van der Waals surface area contributed by atoms with Crippen molar-refractivity contribution in [1.29, 1.82) is 0 Å². The maximum atomic E-state index is 12.0. The summed E-state index contributed by atoms with van der Waals surface area (Å²) in [6, 6.07) is 9.08. The molecule has 2 aliphatic rings. The second-order valence-electron chi connectivity index (χ2n) is 8.17. The van der Waals surface area contributed by atoms with Gasteiger partial charge in [0.2, 0.25) is 0 Å². The van der Waals surface area contributed by atoms with Crippen LogP contribution >= 0.6 is 0 Å². The Kier molecular flexibility index (Phi) is 6.02. The van der Waals surface area contributed by atoms with Crippen molar-refractivity contribution < 1.29 is 14.3 Å². The normalized spacial score (nSPS) is 18.8. The van der Waals surface area contributed by atoms with Crippen molar-refractivity contribution in [3.63, 3.8) is 0 Å². The predicted molar refractivity (Wildman–Crippen MR) is 114 cm³/mol. The lowest BCUT2D eigenvalue weighted by atomic mass is 9.87. The lowest BCUT2D eigenvalue weighted by Crippen LogP contribution is -2.29. The fourth-order valence-corrected chi connectivity index (χ4v) is 4.74. The summed E-state index contributed by atoms with van der Waals surface area (Å²) < 4.78 is 10.9. The second kappa shape index (κ2) is 8.85. The van der Waals surface area contributed by atoms with Gasteiger partial charge in [-0.3, -0.25) is 4.98 Å². The number of fused-ring (bicyclic) bond motifs is 1. The van der Waals surface area contributed by atoms with Crippen LogP contribution in [0.2, 0.25) is 0 Å². The zero-order valence-electron chi connectivity index (χ0n) is 17.4. The van der Waals surface area contributed by atoms with E-state index in [0.717, 1.165) is 37.2 Å². The third-order valence-electron chi connectivity index (χ3n) is 6.51. The van der Waals surface area contributed by atoms with E-state index < -0.39 is 0 Å². The van der Waals surface area contributed by atoms with Gasteiger partial charge in [-0.1, -0.05) is 18.9 Å². The molecule has 2 heterocycles. The number of ether oxygens (including phenoxy) is 2. The Hall–Kier alpha value is -2.56. The molecule has 1 atom stereocenters. The topological polar surface area (TPSA) is 51.7 Å². The summed E-state index contributed by atoms with van der Waals surface area (Å²) in [6.07, 6.45) is 11.4. The molecule has 2 aromatic rings. The standard InChI is InChI=1S/C24H30N2O3/c1-26(19-5-3-4-6-19)20-9-10-21-17(12-14-29-23(21)15-20)7-8-18-16-25-13-11-22(18)24(27)28-2/h9-11,13,15-17,19H,3-8,12,14H2,1-2H3. The number of hydrogen-bond acceptors (Lipinski definition) is 5. The molecule has 1 fully saturated rings. The molecule has 0 amide bonds. The number of esters is 1. The van der Waals surface area contributed by atoms with Gasteiger partial charge in [0.25, 0.3) is 0 Å². The summed E-state index contributed by atoms with van der Waals surface area (Å²) in [5.41, 5.74) is 4.09. The van der Waals surface area contributed by atoms with E-state index >= 15 is 0 Å². The molecule has 1 aromatic heterocycles. The number of aromatic nitrogens is 1. The van der Waals surface area contributed by atoms with Gasteiger partial charge in [-0.05, 0) is 61.3 Å². The molecule has 1 aliphatic heterocycles. The highest BCUT2D eigenvalue weighted by Gasteiger charge is 2.25. The zero-order valence-corrected chi connectivity index (χ0v) is 17.4. The molecular formula is C24H30N2O3. The number of nitrogens with zero attached hydrogens (tertiary/aromatic N) is 2. The summed E-state index contributed by atoms with van der Waals surface area (Å²) in [5.74, 6) is 1.15. The van der Waals surface area contributed by atoms with Crippen LogP contribution in [0.4, 0.5) is 5.69 Å². The van der Waals surface area contributed by atoms with Crippen molar-refractivity contribution in [1.82, 2.24) is 4.98 Å². The van der Waals surface area contributed by atoms with Crippen LogP contribution in [-0.2, 0) is 11.2 Å². The Labute approximate surface area is 173 Å². The highest BCUT2D eigenvalue weighted by Crippen LogP contribution is 2.39. The van der Waals surface area contributed by atoms with E-state index in [-0.39, 0.29) is 5.97 Å². The molecule has 1 unspecified atom stereocenters. The van der Waals surface area contributed by atoms with Crippen LogP contribution in [-0.4, -0.2) is 37.8 Å². The minimum atomic E-state index is -0.297. The molecular weight excluding hydrogens is 364 g/mol. The second-order valence-corrected chi connectivity index (χ2v) is 8.17. The van der Waals surface area contributed by atoms with E-state index in [4.69, 9.17) is 9.47 Å². The zero-order chi connectivity index (χ0) is 20.2. The summed E-state index contributed by atoms with van der Waals surface area (Å²) in [6.45, 7) is 0.741. The van der Waals surface area contributed by atoms with Crippen molar-refractivity contribution >= 4 is 11.7 Å². The van der Waals surface area contributed by atoms with Crippen molar-refractivity contribution in [3.8, 4) is 5.75 Å². The molecule has 1 aromatic carbocycles. The van der Waals surface area contributed by atoms with Crippen LogP contribution in [0.3, 0.4) is 0 Å². The quantitative estimate of drug-likeness (QED) is 0.662. The number of anilines is 1. The van der Waals surface area contributed by atoms with Crippen molar-refractivity contribution in [2.45, 2.75) is 56.9 Å². The lowest BCUT2D eigenvalue weighted by molar-refractivity contribution is 0.0599. The summed E-state index contributed by atoms with van der Waals surface area (Å²) in [4.78, 5) is 18.6. The first kappa shape index (κ1) is 19.7. The lowest BCUT2D eigenvalue weighted by Gasteiger charge is -2.30. The van der Waals surface area contributed by atoms with Crippen LogP contribution in [0.15, 0.2) is 36.7 Å². The first-order valence-electron chi connectivity index (χ1n) is 10.7. The number of rotatable bonds is 6. The average molecular weight is 395 g/mol. The summed E-state index contributed by atoms with van der Waals surface area (Å²) in [5, 5.41) is 0. The van der Waals surface area contributed by atoms with Crippen molar-refractivity contribution in [2.75, 3.05) is 25.7 Å². The van der Waals surface area contributed by atoms with E-state index in [9.17, 15) is 4.79 Å². The van der Waals surface area contributed by atoms with E-state index in [0.29, 0.717) is 17.5 Å². The Morgan fingerprint density at radius 3 is 2.86 bits per heavy atom. The summed E-state index contributed by atoms with van der Waals surface area (Å²) in [7, 11) is 3.62. The highest BCUT2D eigenvalue weighted by molar-refractivity contribution is 5.90. The molecule has 1 aliphatic carbocycles. The fraction of sp³-hybridized carbons (Fsp3) is 0.500. The predicted octanol–water partition coefficient (Wildman–Crippen LogP) is 4.75. The molecule has 154 valence electrons.